The monoisotopic (exact) mass is 574 g/mol. The number of nitrogens with one attached hydrogen (secondary N) is 1. The Balaban J connectivity index is 1.77. The first-order valence-corrected chi connectivity index (χ1v) is 10.7. The SMILES string of the molecule is COc1cc(/C=N/NC(=O)c2ccco2)c(Br)c(Br)c1OCc1ccc(Cl)c(Cl)c1. The minimum absolute atomic E-state index is 0.163. The number of ether oxygens (including phenoxy) is 2. The average molecular weight is 577 g/mol. The van der Waals surface area contributed by atoms with Crippen molar-refractivity contribution in [3.05, 3.63) is 78.5 Å². The number of benzene rings is 2. The van der Waals surface area contributed by atoms with Gasteiger partial charge in [0.25, 0.3) is 0 Å². The maximum Gasteiger partial charge on any atom is 0.307 e. The van der Waals surface area contributed by atoms with Gasteiger partial charge in [-0.05, 0) is 67.8 Å². The van der Waals surface area contributed by atoms with Crippen LogP contribution in [0, 0.1) is 0 Å². The van der Waals surface area contributed by atoms with Gasteiger partial charge in [0, 0.05) is 10.0 Å². The van der Waals surface area contributed by atoms with Crippen molar-refractivity contribution in [2.75, 3.05) is 7.11 Å². The minimum atomic E-state index is -0.458. The number of carbonyl (C=O) groups is 1. The van der Waals surface area contributed by atoms with Gasteiger partial charge in [-0.15, -0.1) is 0 Å². The highest BCUT2D eigenvalue weighted by molar-refractivity contribution is 9.13. The van der Waals surface area contributed by atoms with Gasteiger partial charge in [0.05, 0.1) is 34.1 Å². The van der Waals surface area contributed by atoms with E-state index in [0.717, 1.165) is 5.56 Å². The fourth-order valence-corrected chi connectivity index (χ4v) is 3.65. The molecule has 0 unspecified atom stereocenters. The number of amides is 1. The lowest BCUT2D eigenvalue weighted by atomic mass is 10.2. The number of carbonyl (C=O) groups excluding carboxylic acids is 1. The Morgan fingerprint density at radius 3 is 2.67 bits per heavy atom. The van der Waals surface area contributed by atoms with Crippen LogP contribution in [0.5, 0.6) is 11.5 Å². The predicted molar refractivity (Wildman–Crippen MR) is 123 cm³/mol. The van der Waals surface area contributed by atoms with Crippen molar-refractivity contribution in [1.82, 2.24) is 5.43 Å². The van der Waals surface area contributed by atoms with E-state index in [1.165, 1.54) is 19.6 Å². The van der Waals surface area contributed by atoms with Crippen molar-refractivity contribution in [2.24, 2.45) is 5.10 Å². The Morgan fingerprint density at radius 2 is 2.00 bits per heavy atom. The second kappa shape index (κ2) is 10.3. The number of hydrogen-bond acceptors (Lipinski definition) is 5. The lowest BCUT2D eigenvalue weighted by Crippen LogP contribution is -2.16. The van der Waals surface area contributed by atoms with Crippen LogP contribution in [-0.4, -0.2) is 19.2 Å². The smallest absolute Gasteiger partial charge is 0.307 e. The molecule has 0 bridgehead atoms. The van der Waals surface area contributed by atoms with E-state index < -0.39 is 5.91 Å². The molecular formula is C20H14Br2Cl2N2O4. The van der Waals surface area contributed by atoms with E-state index in [0.29, 0.717) is 36.1 Å². The number of hydrogen-bond donors (Lipinski definition) is 1. The molecule has 3 aromatic rings. The third-order valence-corrected chi connectivity index (χ3v) is 6.74. The van der Waals surface area contributed by atoms with Crippen LogP contribution < -0.4 is 14.9 Å². The van der Waals surface area contributed by atoms with Crippen molar-refractivity contribution in [1.29, 1.82) is 0 Å². The summed E-state index contributed by atoms with van der Waals surface area (Å²) in [6, 6.07) is 10.2. The molecule has 0 aliphatic heterocycles. The molecule has 0 atom stereocenters. The summed E-state index contributed by atoms with van der Waals surface area (Å²) >= 11 is 19.0. The van der Waals surface area contributed by atoms with E-state index in [2.05, 4.69) is 42.4 Å². The van der Waals surface area contributed by atoms with E-state index in [1.807, 2.05) is 6.07 Å². The molecule has 156 valence electrons. The molecule has 0 fully saturated rings. The van der Waals surface area contributed by atoms with E-state index in [1.54, 1.807) is 30.3 Å². The summed E-state index contributed by atoms with van der Waals surface area (Å²) in [4.78, 5) is 11.9. The summed E-state index contributed by atoms with van der Waals surface area (Å²) in [5.74, 6) is 0.673. The van der Waals surface area contributed by atoms with Crippen molar-refractivity contribution in [3.63, 3.8) is 0 Å². The normalized spacial score (nSPS) is 11.0. The van der Waals surface area contributed by atoms with E-state index in [-0.39, 0.29) is 12.4 Å². The zero-order valence-electron chi connectivity index (χ0n) is 15.4. The van der Waals surface area contributed by atoms with E-state index in [4.69, 9.17) is 37.1 Å². The number of rotatable bonds is 7. The van der Waals surface area contributed by atoms with Crippen molar-refractivity contribution in [3.8, 4) is 11.5 Å². The third-order valence-electron chi connectivity index (χ3n) is 3.86. The van der Waals surface area contributed by atoms with Gasteiger partial charge in [-0.1, -0.05) is 29.3 Å². The minimum Gasteiger partial charge on any atom is -0.493 e. The van der Waals surface area contributed by atoms with Gasteiger partial charge in [0.2, 0.25) is 0 Å². The summed E-state index contributed by atoms with van der Waals surface area (Å²) < 4.78 is 17.7. The van der Waals surface area contributed by atoms with Crippen molar-refractivity contribution < 1.29 is 18.7 Å². The van der Waals surface area contributed by atoms with Gasteiger partial charge in [-0.2, -0.15) is 5.10 Å². The standard InChI is InChI=1S/C20H14Br2Cl2N2O4/c1-28-16-8-12(9-25-26-20(27)15-3-2-6-29-15)17(21)18(22)19(16)30-10-11-4-5-13(23)14(24)7-11/h2-9H,10H2,1H3,(H,26,27)/b25-9+. The first-order chi connectivity index (χ1) is 14.4. The third kappa shape index (κ3) is 5.37. The molecule has 1 aromatic heterocycles. The van der Waals surface area contributed by atoms with Gasteiger partial charge < -0.3 is 13.9 Å². The first-order valence-electron chi connectivity index (χ1n) is 8.40. The fourth-order valence-electron chi connectivity index (χ4n) is 2.39. The number of hydrazone groups is 1. The van der Waals surface area contributed by atoms with Gasteiger partial charge in [0.1, 0.15) is 6.61 Å². The second-order valence-electron chi connectivity index (χ2n) is 5.84. The summed E-state index contributed by atoms with van der Waals surface area (Å²) in [6.45, 7) is 0.255. The topological polar surface area (TPSA) is 73.1 Å². The Kier molecular flexibility index (Phi) is 7.82. The van der Waals surface area contributed by atoms with Gasteiger partial charge in [0.15, 0.2) is 17.3 Å². The van der Waals surface area contributed by atoms with Gasteiger partial charge in [-0.25, -0.2) is 5.43 Å². The first kappa shape index (κ1) is 22.7. The van der Waals surface area contributed by atoms with Crippen LogP contribution >= 0.6 is 55.1 Å². The average Bonchev–Trinajstić information content (AvgIpc) is 3.27. The molecule has 30 heavy (non-hydrogen) atoms. The van der Waals surface area contributed by atoms with Crippen molar-refractivity contribution in [2.45, 2.75) is 6.61 Å². The summed E-state index contributed by atoms with van der Waals surface area (Å²) in [7, 11) is 1.53. The van der Waals surface area contributed by atoms with Crippen LogP contribution in [0.25, 0.3) is 0 Å². The second-order valence-corrected chi connectivity index (χ2v) is 8.24. The zero-order chi connectivity index (χ0) is 21.7. The fraction of sp³-hybridized carbons (Fsp3) is 0.100. The van der Waals surface area contributed by atoms with Gasteiger partial charge in [-0.3, -0.25) is 4.79 Å². The zero-order valence-corrected chi connectivity index (χ0v) is 20.1. The molecule has 2 aromatic carbocycles. The Labute approximate surface area is 199 Å². The number of methoxy groups -OCH3 is 1. The highest BCUT2D eigenvalue weighted by Crippen LogP contribution is 2.42. The molecule has 0 radical (unpaired) electrons. The van der Waals surface area contributed by atoms with Crippen LogP contribution in [0.4, 0.5) is 0 Å². The molecule has 0 aliphatic rings. The molecule has 3 rings (SSSR count). The Bertz CT molecular complexity index is 1090. The quantitative estimate of drug-likeness (QED) is 0.259. The molecule has 0 spiro atoms. The van der Waals surface area contributed by atoms with Crippen molar-refractivity contribution >= 4 is 67.2 Å². The summed E-state index contributed by atoms with van der Waals surface area (Å²) in [6.07, 6.45) is 2.88. The maximum absolute atomic E-state index is 11.9. The Morgan fingerprint density at radius 1 is 1.20 bits per heavy atom. The summed E-state index contributed by atoms with van der Waals surface area (Å²) in [5, 5.41) is 4.89. The van der Waals surface area contributed by atoms with Crippen LogP contribution in [-0.2, 0) is 6.61 Å². The number of nitrogens with zero attached hydrogens (tertiary/aromatic N) is 1. The number of halogens is 4. The molecule has 6 nitrogen and oxygen atoms in total. The number of furan rings is 1. The van der Waals surface area contributed by atoms with Crippen LogP contribution in [0.1, 0.15) is 21.7 Å². The van der Waals surface area contributed by atoms with E-state index >= 15 is 0 Å². The molecular weight excluding hydrogens is 563 g/mol. The molecule has 0 aliphatic carbocycles. The summed E-state index contributed by atoms with van der Waals surface area (Å²) in [5.41, 5.74) is 3.90. The molecule has 1 amide bonds. The highest BCUT2D eigenvalue weighted by Gasteiger charge is 2.17. The molecule has 0 saturated carbocycles. The lowest BCUT2D eigenvalue weighted by Gasteiger charge is -2.15. The van der Waals surface area contributed by atoms with E-state index in [9.17, 15) is 4.79 Å². The molecule has 1 heterocycles. The largest absolute Gasteiger partial charge is 0.493 e. The lowest BCUT2D eigenvalue weighted by molar-refractivity contribution is 0.0927. The predicted octanol–water partition coefficient (Wildman–Crippen LogP) is 6.46. The molecule has 10 heteroatoms. The Hall–Kier alpha value is -2.00. The van der Waals surface area contributed by atoms with Crippen LogP contribution in [0.3, 0.4) is 0 Å². The van der Waals surface area contributed by atoms with Gasteiger partial charge >= 0.3 is 5.91 Å². The highest BCUT2D eigenvalue weighted by atomic mass is 79.9. The molecule has 1 N–H and O–H groups in total. The maximum atomic E-state index is 11.9. The van der Waals surface area contributed by atoms with Crippen LogP contribution in [0.15, 0.2) is 61.1 Å². The molecule has 0 saturated heterocycles. The van der Waals surface area contributed by atoms with Crippen LogP contribution in [0.2, 0.25) is 10.0 Å².